The van der Waals surface area contributed by atoms with Crippen LogP contribution in [0.3, 0.4) is 0 Å². The van der Waals surface area contributed by atoms with Gasteiger partial charge in [0.25, 0.3) is 0 Å². The summed E-state index contributed by atoms with van der Waals surface area (Å²) < 4.78 is 0. The second-order valence-electron chi connectivity index (χ2n) is 3.70. The molecule has 1 atom stereocenters. The normalized spacial score (nSPS) is 12.5. The molecule has 1 rings (SSSR count). The van der Waals surface area contributed by atoms with Crippen molar-refractivity contribution in [3.8, 4) is 0 Å². The lowest BCUT2D eigenvalue weighted by Gasteiger charge is -2.20. The zero-order chi connectivity index (χ0) is 12.3. The third kappa shape index (κ3) is 2.73. The minimum atomic E-state index is -0.548. The molecule has 1 amide bonds. The lowest BCUT2D eigenvalue weighted by atomic mass is 10.0. The second-order valence-corrected chi connectivity index (χ2v) is 4.05. The highest BCUT2D eigenvalue weighted by Crippen LogP contribution is 2.23. The van der Waals surface area contributed by atoms with Crippen LogP contribution in [0.15, 0.2) is 6.33 Å². The molecule has 1 aromatic rings. The Morgan fingerprint density at radius 2 is 2.12 bits per heavy atom. The Morgan fingerprint density at radius 3 is 2.62 bits per heavy atom. The zero-order valence-electron chi connectivity index (χ0n) is 9.07. The van der Waals surface area contributed by atoms with Gasteiger partial charge < -0.3 is 16.8 Å². The van der Waals surface area contributed by atoms with Gasteiger partial charge in [0.05, 0.1) is 0 Å². The molecule has 88 valence electrons. The molecule has 0 spiro atoms. The van der Waals surface area contributed by atoms with E-state index in [0.717, 1.165) is 0 Å². The molecule has 0 radical (unpaired) electrons. The Hall–Kier alpha value is -1.56. The van der Waals surface area contributed by atoms with Crippen LogP contribution in [0, 0.1) is 5.92 Å². The zero-order valence-corrected chi connectivity index (χ0v) is 9.82. The molecule has 0 aliphatic carbocycles. The first-order chi connectivity index (χ1) is 7.43. The van der Waals surface area contributed by atoms with Gasteiger partial charge in [0.2, 0.25) is 5.91 Å². The predicted octanol–water partition coefficient (Wildman–Crippen LogP) is 0.634. The summed E-state index contributed by atoms with van der Waals surface area (Å²) in [5, 5.41) is 2.99. The van der Waals surface area contributed by atoms with Gasteiger partial charge in [-0.2, -0.15) is 0 Å². The number of nitrogens with zero attached hydrogens (tertiary/aromatic N) is 2. The molecule has 5 N–H and O–H groups in total. The number of primary amides is 1. The molecule has 0 saturated carbocycles. The number of nitrogen functional groups attached to an aromatic ring is 1. The molecular weight excluding hydrogens is 230 g/mol. The van der Waals surface area contributed by atoms with E-state index in [1.165, 1.54) is 6.33 Å². The fourth-order valence-corrected chi connectivity index (χ4v) is 1.34. The third-order valence-corrected chi connectivity index (χ3v) is 2.40. The summed E-state index contributed by atoms with van der Waals surface area (Å²) in [5.74, 6) is -0.132. The Morgan fingerprint density at radius 1 is 1.50 bits per heavy atom. The number of carbonyl (C=O) groups is 1. The molecule has 1 unspecified atom stereocenters. The summed E-state index contributed by atoms with van der Waals surface area (Å²) in [4.78, 5) is 18.8. The van der Waals surface area contributed by atoms with E-state index in [-0.39, 0.29) is 16.8 Å². The van der Waals surface area contributed by atoms with Gasteiger partial charge in [-0.05, 0) is 5.92 Å². The monoisotopic (exact) mass is 243 g/mol. The molecule has 6 nitrogen and oxygen atoms in total. The van der Waals surface area contributed by atoms with Crippen LogP contribution in [-0.4, -0.2) is 21.9 Å². The molecule has 0 aliphatic heterocycles. The summed E-state index contributed by atoms with van der Waals surface area (Å²) >= 11 is 5.72. The smallest absolute Gasteiger partial charge is 0.240 e. The Kier molecular flexibility index (Phi) is 3.89. The highest BCUT2D eigenvalue weighted by atomic mass is 35.5. The van der Waals surface area contributed by atoms with E-state index >= 15 is 0 Å². The molecule has 7 heteroatoms. The topological polar surface area (TPSA) is 107 Å². The van der Waals surface area contributed by atoms with Crippen molar-refractivity contribution in [1.82, 2.24) is 9.97 Å². The van der Waals surface area contributed by atoms with Crippen molar-refractivity contribution >= 4 is 29.0 Å². The van der Waals surface area contributed by atoms with Crippen LogP contribution in [0.2, 0.25) is 5.15 Å². The van der Waals surface area contributed by atoms with Gasteiger partial charge in [-0.15, -0.1) is 0 Å². The summed E-state index contributed by atoms with van der Waals surface area (Å²) in [6.45, 7) is 3.73. The van der Waals surface area contributed by atoms with Crippen LogP contribution in [0.1, 0.15) is 13.8 Å². The van der Waals surface area contributed by atoms with E-state index in [2.05, 4.69) is 15.3 Å². The fraction of sp³-hybridized carbons (Fsp3) is 0.444. The summed E-state index contributed by atoms with van der Waals surface area (Å²) in [5.41, 5.74) is 11.1. The molecule has 1 aromatic heterocycles. The number of halogens is 1. The number of rotatable bonds is 4. The van der Waals surface area contributed by atoms with Crippen molar-refractivity contribution in [3.05, 3.63) is 11.5 Å². The maximum atomic E-state index is 11.2. The van der Waals surface area contributed by atoms with Crippen LogP contribution in [0.5, 0.6) is 0 Å². The van der Waals surface area contributed by atoms with Crippen molar-refractivity contribution in [3.63, 3.8) is 0 Å². The number of nitrogens with two attached hydrogens (primary N) is 2. The Labute approximate surface area is 98.4 Å². The van der Waals surface area contributed by atoms with Gasteiger partial charge >= 0.3 is 0 Å². The van der Waals surface area contributed by atoms with Gasteiger partial charge in [0.1, 0.15) is 18.1 Å². The van der Waals surface area contributed by atoms with E-state index in [1.807, 2.05) is 13.8 Å². The Balaban J connectivity index is 2.94. The lowest BCUT2D eigenvalue weighted by molar-refractivity contribution is -0.119. The fourth-order valence-electron chi connectivity index (χ4n) is 1.20. The Bertz CT molecular complexity index is 395. The van der Waals surface area contributed by atoms with Crippen molar-refractivity contribution in [2.75, 3.05) is 11.1 Å². The van der Waals surface area contributed by atoms with Gasteiger partial charge in [0, 0.05) is 0 Å². The first-order valence-corrected chi connectivity index (χ1v) is 5.13. The average molecular weight is 244 g/mol. The van der Waals surface area contributed by atoms with Crippen LogP contribution in [0.4, 0.5) is 11.5 Å². The molecular formula is C9H14ClN5O. The maximum Gasteiger partial charge on any atom is 0.240 e. The van der Waals surface area contributed by atoms with E-state index in [9.17, 15) is 4.79 Å². The number of anilines is 2. The highest BCUT2D eigenvalue weighted by Gasteiger charge is 2.21. The van der Waals surface area contributed by atoms with Crippen molar-refractivity contribution in [2.45, 2.75) is 19.9 Å². The quantitative estimate of drug-likeness (QED) is 0.673. The van der Waals surface area contributed by atoms with E-state index in [1.54, 1.807) is 0 Å². The van der Waals surface area contributed by atoms with E-state index in [4.69, 9.17) is 23.1 Å². The van der Waals surface area contributed by atoms with E-state index < -0.39 is 11.9 Å². The number of aromatic nitrogens is 2. The van der Waals surface area contributed by atoms with Crippen molar-refractivity contribution in [1.29, 1.82) is 0 Å². The molecule has 0 saturated heterocycles. The number of carbonyl (C=O) groups excluding carboxylic acids is 1. The SMILES string of the molecule is CC(C)C(Nc1ncnc(Cl)c1N)C(N)=O. The molecule has 0 aromatic carbocycles. The lowest BCUT2D eigenvalue weighted by Crippen LogP contribution is -2.40. The standard InChI is InChI=1S/C9H14ClN5O/c1-4(2)6(8(12)16)15-9-5(11)7(10)13-3-14-9/h3-4,6H,11H2,1-2H3,(H2,12,16)(H,13,14,15). The van der Waals surface area contributed by atoms with Gasteiger partial charge in [-0.25, -0.2) is 9.97 Å². The minimum Gasteiger partial charge on any atom is -0.393 e. The molecule has 0 bridgehead atoms. The number of nitrogens with one attached hydrogen (secondary N) is 1. The number of hydrogen-bond donors (Lipinski definition) is 3. The van der Waals surface area contributed by atoms with Crippen LogP contribution in [0.25, 0.3) is 0 Å². The van der Waals surface area contributed by atoms with Crippen LogP contribution >= 0.6 is 11.6 Å². The average Bonchev–Trinajstić information content (AvgIpc) is 2.19. The predicted molar refractivity (Wildman–Crippen MR) is 62.9 cm³/mol. The third-order valence-electron chi connectivity index (χ3n) is 2.10. The largest absolute Gasteiger partial charge is 0.393 e. The second kappa shape index (κ2) is 4.98. The molecule has 1 heterocycles. The molecule has 0 fully saturated rings. The number of amides is 1. The first kappa shape index (κ1) is 12.5. The summed E-state index contributed by atoms with van der Waals surface area (Å²) in [6, 6.07) is -0.548. The minimum absolute atomic E-state index is 0.0191. The highest BCUT2D eigenvalue weighted by molar-refractivity contribution is 6.32. The maximum absolute atomic E-state index is 11.2. The number of hydrogen-bond acceptors (Lipinski definition) is 5. The first-order valence-electron chi connectivity index (χ1n) is 4.75. The van der Waals surface area contributed by atoms with Gasteiger partial charge in [0.15, 0.2) is 11.0 Å². The van der Waals surface area contributed by atoms with Crippen molar-refractivity contribution < 1.29 is 4.79 Å². The van der Waals surface area contributed by atoms with Gasteiger partial charge in [-0.3, -0.25) is 4.79 Å². The molecule has 16 heavy (non-hydrogen) atoms. The summed E-state index contributed by atoms with van der Waals surface area (Å²) in [7, 11) is 0. The van der Waals surface area contributed by atoms with Crippen molar-refractivity contribution in [2.24, 2.45) is 11.7 Å². The van der Waals surface area contributed by atoms with Gasteiger partial charge in [-0.1, -0.05) is 25.4 Å². The van der Waals surface area contributed by atoms with Crippen LogP contribution in [-0.2, 0) is 4.79 Å². The van der Waals surface area contributed by atoms with E-state index in [0.29, 0.717) is 5.82 Å². The summed E-state index contributed by atoms with van der Waals surface area (Å²) in [6.07, 6.45) is 1.26. The molecule has 0 aliphatic rings. The van der Waals surface area contributed by atoms with Crippen LogP contribution < -0.4 is 16.8 Å².